The Hall–Kier alpha value is -3.91. The molecule has 0 amide bonds. The lowest BCUT2D eigenvalue weighted by Gasteiger charge is -2.36. The number of piperazine rings is 1. The number of fused-ring (bicyclic) bond motifs is 4. The van der Waals surface area contributed by atoms with E-state index in [2.05, 4.69) is 75.9 Å². The molecule has 8 nitrogen and oxygen atoms in total. The molecule has 1 fully saturated rings. The number of hydrogen-bond acceptors (Lipinski definition) is 5. The number of nitrogens with zero attached hydrogens (tertiary/aromatic N) is 4. The lowest BCUT2D eigenvalue weighted by atomic mass is 10.2. The number of carbonyl (C=O) groups is 2. The molecule has 0 unspecified atom stereocenters. The minimum atomic E-state index is -1.26. The van der Waals surface area contributed by atoms with Crippen molar-refractivity contribution in [1.29, 1.82) is 0 Å². The Kier molecular flexibility index (Phi) is 8.17. The van der Waals surface area contributed by atoms with Crippen molar-refractivity contribution in [2.24, 2.45) is 4.99 Å². The first kappa shape index (κ1) is 25.2. The summed E-state index contributed by atoms with van der Waals surface area (Å²) in [7, 11) is 0. The van der Waals surface area contributed by atoms with E-state index in [9.17, 15) is 9.59 Å². The van der Waals surface area contributed by atoms with Crippen LogP contribution in [-0.2, 0) is 16.1 Å². The van der Waals surface area contributed by atoms with Crippen molar-refractivity contribution in [2.75, 3.05) is 32.7 Å². The number of unbranched alkanes of at least 4 members (excludes halogenated alkanes) is 1. The topological polar surface area (TPSA) is 98.4 Å². The van der Waals surface area contributed by atoms with Gasteiger partial charge in [-0.05, 0) is 36.7 Å². The van der Waals surface area contributed by atoms with Crippen LogP contribution in [0.15, 0.2) is 71.7 Å². The van der Waals surface area contributed by atoms with E-state index in [1.165, 1.54) is 41.5 Å². The third-order valence-corrected chi connectivity index (χ3v) is 6.45. The predicted molar refractivity (Wildman–Crippen MR) is 141 cm³/mol. The zero-order chi connectivity index (χ0) is 25.5. The molecule has 0 aliphatic carbocycles. The highest BCUT2D eigenvalue weighted by atomic mass is 16.4. The molecular formula is C28H32N4O4. The van der Waals surface area contributed by atoms with Gasteiger partial charge in [0.25, 0.3) is 0 Å². The van der Waals surface area contributed by atoms with Crippen molar-refractivity contribution >= 4 is 34.4 Å². The quantitative estimate of drug-likeness (QED) is 0.522. The van der Waals surface area contributed by atoms with E-state index in [4.69, 9.17) is 15.2 Å². The third-order valence-electron chi connectivity index (χ3n) is 6.45. The molecule has 36 heavy (non-hydrogen) atoms. The van der Waals surface area contributed by atoms with Crippen LogP contribution in [0, 0.1) is 0 Å². The summed E-state index contributed by atoms with van der Waals surface area (Å²) in [6, 6.07) is 19.6. The van der Waals surface area contributed by atoms with Gasteiger partial charge in [0.2, 0.25) is 0 Å². The maximum atomic E-state index is 9.55. The molecule has 3 heterocycles. The number of carboxylic acid groups (broad SMARTS) is 2. The fourth-order valence-corrected chi connectivity index (χ4v) is 4.60. The van der Waals surface area contributed by atoms with E-state index < -0.39 is 11.9 Å². The summed E-state index contributed by atoms with van der Waals surface area (Å²) in [6.07, 6.45) is 3.68. The van der Waals surface area contributed by atoms with Gasteiger partial charge in [0.1, 0.15) is 0 Å². The van der Waals surface area contributed by atoms with Crippen LogP contribution in [0.25, 0.3) is 10.9 Å². The van der Waals surface area contributed by atoms with Crippen LogP contribution in [0.4, 0.5) is 5.69 Å². The Morgan fingerprint density at radius 2 is 1.61 bits per heavy atom. The van der Waals surface area contributed by atoms with Gasteiger partial charge in [-0.3, -0.25) is 4.90 Å². The van der Waals surface area contributed by atoms with Crippen molar-refractivity contribution in [3.05, 3.63) is 78.0 Å². The van der Waals surface area contributed by atoms with Crippen LogP contribution in [-0.4, -0.2) is 75.1 Å². The van der Waals surface area contributed by atoms with Crippen molar-refractivity contribution in [2.45, 2.75) is 26.3 Å². The molecule has 188 valence electrons. The molecule has 5 rings (SSSR count). The fourth-order valence-electron chi connectivity index (χ4n) is 4.60. The predicted octanol–water partition coefficient (Wildman–Crippen LogP) is 4.21. The Labute approximate surface area is 210 Å². The largest absolute Gasteiger partial charge is 0.478 e. The van der Waals surface area contributed by atoms with Gasteiger partial charge in [-0.1, -0.05) is 49.7 Å². The second kappa shape index (κ2) is 11.7. The molecule has 0 atom stereocenters. The first-order valence-corrected chi connectivity index (χ1v) is 12.3. The molecule has 0 bridgehead atoms. The molecule has 0 saturated carbocycles. The average Bonchev–Trinajstić information content (AvgIpc) is 3.15. The van der Waals surface area contributed by atoms with Crippen LogP contribution in [0.2, 0.25) is 0 Å². The molecule has 1 saturated heterocycles. The number of aromatic nitrogens is 1. The molecule has 0 radical (unpaired) electrons. The van der Waals surface area contributed by atoms with Gasteiger partial charge in [0.15, 0.2) is 5.84 Å². The molecule has 1 aromatic heterocycles. The van der Waals surface area contributed by atoms with Gasteiger partial charge in [0.05, 0.1) is 17.9 Å². The van der Waals surface area contributed by atoms with E-state index in [1.807, 2.05) is 0 Å². The van der Waals surface area contributed by atoms with Crippen LogP contribution in [0.5, 0.6) is 0 Å². The summed E-state index contributed by atoms with van der Waals surface area (Å²) < 4.78 is 2.45. The SMILES string of the molecule is CCCCN1CCN(C2=Nc3ccccc3Cn3c2cc2ccccc23)CC1.O=C(O)/C=C/C(=O)O. The number of amidine groups is 1. The van der Waals surface area contributed by atoms with Gasteiger partial charge >= 0.3 is 11.9 Å². The Balaban J connectivity index is 0.000000331. The van der Waals surface area contributed by atoms with Gasteiger partial charge < -0.3 is 19.7 Å². The van der Waals surface area contributed by atoms with E-state index in [1.54, 1.807) is 0 Å². The molecule has 2 aliphatic rings. The second-order valence-electron chi connectivity index (χ2n) is 8.93. The first-order chi connectivity index (χ1) is 17.5. The second-order valence-corrected chi connectivity index (χ2v) is 8.93. The summed E-state index contributed by atoms with van der Waals surface area (Å²) in [6.45, 7) is 8.72. The van der Waals surface area contributed by atoms with E-state index >= 15 is 0 Å². The normalized spacial score (nSPS) is 15.5. The average molecular weight is 489 g/mol. The van der Waals surface area contributed by atoms with Gasteiger partial charge in [-0.25, -0.2) is 14.6 Å². The highest BCUT2D eigenvalue weighted by Crippen LogP contribution is 2.31. The van der Waals surface area contributed by atoms with Crippen molar-refractivity contribution in [1.82, 2.24) is 14.4 Å². The Morgan fingerprint density at radius 1 is 0.944 bits per heavy atom. The molecule has 2 N–H and O–H groups in total. The van der Waals surface area contributed by atoms with Gasteiger partial charge in [-0.2, -0.15) is 0 Å². The van der Waals surface area contributed by atoms with Gasteiger partial charge in [-0.15, -0.1) is 0 Å². The lowest BCUT2D eigenvalue weighted by Crippen LogP contribution is -2.49. The van der Waals surface area contributed by atoms with Crippen LogP contribution < -0.4 is 0 Å². The molecular weight excluding hydrogens is 456 g/mol. The number of carboxylic acids is 2. The summed E-state index contributed by atoms with van der Waals surface area (Å²) >= 11 is 0. The molecule has 3 aromatic rings. The Morgan fingerprint density at radius 3 is 2.31 bits per heavy atom. The maximum absolute atomic E-state index is 9.55. The number of aliphatic imine (C=N–C) groups is 1. The Bertz CT molecular complexity index is 1270. The third kappa shape index (κ3) is 6.01. The molecule has 2 aromatic carbocycles. The van der Waals surface area contributed by atoms with Crippen LogP contribution in [0.1, 0.15) is 31.0 Å². The summed E-state index contributed by atoms with van der Waals surface area (Å²) in [5.74, 6) is -1.38. The monoisotopic (exact) mass is 488 g/mol. The maximum Gasteiger partial charge on any atom is 0.328 e. The first-order valence-electron chi connectivity index (χ1n) is 12.3. The fraction of sp³-hybridized carbons (Fsp3) is 0.321. The number of aliphatic carboxylic acids is 2. The standard InChI is InChI=1S/C24H28N4.C4H4O4/c1-2-3-12-26-13-15-27(16-14-26)24-23-17-19-8-5-7-11-22(19)28(23)18-20-9-4-6-10-21(20)25-24;5-3(6)1-2-4(7)8/h4-11,17H,2-3,12-16,18H2,1H3;1-2H,(H,5,6)(H,7,8)/b;2-1+. The minimum absolute atomic E-state index is 0.558. The minimum Gasteiger partial charge on any atom is -0.478 e. The number of rotatable bonds is 5. The van der Waals surface area contributed by atoms with E-state index in [-0.39, 0.29) is 0 Å². The van der Waals surface area contributed by atoms with Crippen LogP contribution in [0.3, 0.4) is 0 Å². The van der Waals surface area contributed by atoms with E-state index in [0.717, 1.165) is 44.2 Å². The summed E-state index contributed by atoms with van der Waals surface area (Å²) in [4.78, 5) is 29.4. The molecule has 8 heteroatoms. The highest BCUT2D eigenvalue weighted by Gasteiger charge is 2.26. The smallest absolute Gasteiger partial charge is 0.328 e. The summed E-state index contributed by atoms with van der Waals surface area (Å²) in [5, 5.41) is 16.9. The van der Waals surface area contributed by atoms with Crippen molar-refractivity contribution < 1.29 is 19.8 Å². The number of benzene rings is 2. The molecule has 0 spiro atoms. The lowest BCUT2D eigenvalue weighted by molar-refractivity contribution is -0.134. The van der Waals surface area contributed by atoms with E-state index in [0.29, 0.717) is 12.2 Å². The van der Waals surface area contributed by atoms with Gasteiger partial charge in [0, 0.05) is 49.2 Å². The van der Waals surface area contributed by atoms with Crippen molar-refractivity contribution in [3.63, 3.8) is 0 Å². The number of para-hydroxylation sites is 2. The molecule has 2 aliphatic heterocycles. The summed E-state index contributed by atoms with van der Waals surface area (Å²) in [5.41, 5.74) is 4.95. The zero-order valence-corrected chi connectivity index (χ0v) is 20.5. The number of hydrogen-bond donors (Lipinski definition) is 2. The zero-order valence-electron chi connectivity index (χ0n) is 20.5. The van der Waals surface area contributed by atoms with Crippen molar-refractivity contribution in [3.8, 4) is 0 Å². The highest BCUT2D eigenvalue weighted by molar-refractivity contribution is 6.04. The van der Waals surface area contributed by atoms with Crippen LogP contribution >= 0.6 is 0 Å².